The van der Waals surface area contributed by atoms with E-state index in [1.165, 1.54) is 0 Å². The molecule has 1 atom stereocenters. The van der Waals surface area contributed by atoms with E-state index in [0.717, 1.165) is 18.7 Å². The molecule has 0 spiro atoms. The van der Waals surface area contributed by atoms with E-state index >= 15 is 0 Å². The molecule has 0 radical (unpaired) electrons. The summed E-state index contributed by atoms with van der Waals surface area (Å²) in [5.74, 6) is 0.101. The van der Waals surface area contributed by atoms with Crippen LogP contribution in [0.25, 0.3) is 0 Å². The molecule has 0 bridgehead atoms. The molecule has 19 heavy (non-hydrogen) atoms. The number of carbonyl (C=O) groups is 1. The zero-order valence-corrected chi connectivity index (χ0v) is 11.3. The molecule has 0 saturated carbocycles. The summed E-state index contributed by atoms with van der Waals surface area (Å²) in [5.41, 5.74) is -0.777. The van der Waals surface area contributed by atoms with Crippen molar-refractivity contribution in [3.8, 4) is 0 Å². The maximum absolute atomic E-state index is 11.6. The van der Waals surface area contributed by atoms with Gasteiger partial charge in [0.05, 0.1) is 19.4 Å². The molecule has 1 saturated heterocycles. The monoisotopic (exact) mass is 267 g/mol. The van der Waals surface area contributed by atoms with Crippen molar-refractivity contribution in [3.63, 3.8) is 0 Å². The Kier molecular flexibility index (Phi) is 4.61. The van der Waals surface area contributed by atoms with E-state index < -0.39 is 11.4 Å². The van der Waals surface area contributed by atoms with E-state index in [0.29, 0.717) is 32.7 Å². The van der Waals surface area contributed by atoms with E-state index in [9.17, 15) is 9.90 Å². The van der Waals surface area contributed by atoms with Gasteiger partial charge >= 0.3 is 5.97 Å². The fraction of sp³-hybridized carbons (Fsp3) is 0.643. The summed E-state index contributed by atoms with van der Waals surface area (Å²) in [5, 5.41) is 9.53. The first-order valence-corrected chi connectivity index (χ1v) is 6.72. The molecule has 106 valence electrons. The van der Waals surface area contributed by atoms with Gasteiger partial charge in [-0.1, -0.05) is 6.92 Å². The third kappa shape index (κ3) is 3.36. The van der Waals surface area contributed by atoms with Gasteiger partial charge in [-0.05, 0) is 31.5 Å². The van der Waals surface area contributed by atoms with Gasteiger partial charge in [0.2, 0.25) is 0 Å². The van der Waals surface area contributed by atoms with Gasteiger partial charge in [-0.25, -0.2) is 0 Å². The zero-order chi connectivity index (χ0) is 13.7. The van der Waals surface area contributed by atoms with Crippen LogP contribution in [0, 0.1) is 5.41 Å². The summed E-state index contributed by atoms with van der Waals surface area (Å²) < 4.78 is 10.7. The maximum atomic E-state index is 11.6. The van der Waals surface area contributed by atoms with Crippen LogP contribution in [-0.4, -0.2) is 42.3 Å². The van der Waals surface area contributed by atoms with Gasteiger partial charge < -0.3 is 14.3 Å². The molecule has 1 aliphatic rings. The van der Waals surface area contributed by atoms with Crippen LogP contribution in [0.3, 0.4) is 0 Å². The van der Waals surface area contributed by atoms with E-state index in [2.05, 4.69) is 4.90 Å². The van der Waals surface area contributed by atoms with Crippen LogP contribution in [0.15, 0.2) is 22.8 Å². The number of aliphatic carboxylic acids is 1. The smallest absolute Gasteiger partial charge is 0.313 e. The van der Waals surface area contributed by atoms with E-state index in [-0.39, 0.29) is 0 Å². The van der Waals surface area contributed by atoms with Gasteiger partial charge in [-0.3, -0.25) is 9.69 Å². The average molecular weight is 267 g/mol. The molecule has 1 aromatic heterocycles. The standard InChI is InChI=1S/C14H21NO4/c1-2-15(9-12-5-3-8-19-12)10-14(13(16)17)6-4-7-18-11-14/h3,5,8H,2,4,6-7,9-11H2,1H3,(H,16,17). The highest BCUT2D eigenvalue weighted by Crippen LogP contribution is 2.30. The molecule has 0 amide bonds. The fourth-order valence-electron chi connectivity index (χ4n) is 2.54. The van der Waals surface area contributed by atoms with Gasteiger partial charge in [0.15, 0.2) is 0 Å². The lowest BCUT2D eigenvalue weighted by Crippen LogP contribution is -2.48. The minimum atomic E-state index is -0.777. The summed E-state index contributed by atoms with van der Waals surface area (Å²) >= 11 is 0. The molecule has 1 aromatic rings. The topological polar surface area (TPSA) is 62.9 Å². The van der Waals surface area contributed by atoms with Crippen molar-refractivity contribution in [2.75, 3.05) is 26.3 Å². The maximum Gasteiger partial charge on any atom is 0.313 e. The van der Waals surface area contributed by atoms with Crippen LogP contribution in [0.2, 0.25) is 0 Å². The molecule has 1 unspecified atom stereocenters. The quantitative estimate of drug-likeness (QED) is 0.854. The molecule has 1 aliphatic heterocycles. The number of carboxylic acid groups (broad SMARTS) is 1. The van der Waals surface area contributed by atoms with Crippen LogP contribution < -0.4 is 0 Å². The first-order valence-electron chi connectivity index (χ1n) is 6.72. The first kappa shape index (κ1) is 14.1. The Balaban J connectivity index is 2.03. The molecule has 1 fully saturated rings. The van der Waals surface area contributed by atoms with E-state index in [1.54, 1.807) is 6.26 Å². The molecule has 2 heterocycles. The van der Waals surface area contributed by atoms with Crippen molar-refractivity contribution < 1.29 is 19.1 Å². The first-order chi connectivity index (χ1) is 9.16. The van der Waals surface area contributed by atoms with Gasteiger partial charge in [0.25, 0.3) is 0 Å². The molecule has 0 aromatic carbocycles. The second-order valence-corrected chi connectivity index (χ2v) is 5.12. The summed E-state index contributed by atoms with van der Waals surface area (Å²) in [6.07, 6.45) is 3.13. The Labute approximate surface area is 113 Å². The minimum absolute atomic E-state index is 0.303. The van der Waals surface area contributed by atoms with Gasteiger partial charge in [0, 0.05) is 13.2 Å². The lowest BCUT2D eigenvalue weighted by atomic mass is 9.82. The minimum Gasteiger partial charge on any atom is -0.481 e. The van der Waals surface area contributed by atoms with Crippen LogP contribution in [0.1, 0.15) is 25.5 Å². The SMILES string of the molecule is CCN(Cc1ccco1)CC1(C(=O)O)CCCOC1. The zero-order valence-electron chi connectivity index (χ0n) is 11.3. The van der Waals surface area contributed by atoms with Crippen LogP contribution in [-0.2, 0) is 16.1 Å². The predicted octanol–water partition coefficient (Wildman–Crippen LogP) is 1.98. The van der Waals surface area contributed by atoms with Crippen LogP contribution in [0.5, 0.6) is 0 Å². The van der Waals surface area contributed by atoms with Crippen molar-refractivity contribution in [2.24, 2.45) is 5.41 Å². The molecular weight excluding hydrogens is 246 g/mol. The van der Waals surface area contributed by atoms with Gasteiger partial charge in [0.1, 0.15) is 11.2 Å². The number of furan rings is 1. The Morgan fingerprint density at radius 2 is 2.42 bits per heavy atom. The Morgan fingerprint density at radius 1 is 1.58 bits per heavy atom. The van der Waals surface area contributed by atoms with Crippen LogP contribution in [0.4, 0.5) is 0 Å². The third-order valence-corrected chi connectivity index (χ3v) is 3.71. The summed E-state index contributed by atoms with van der Waals surface area (Å²) in [7, 11) is 0. The number of hydrogen-bond donors (Lipinski definition) is 1. The predicted molar refractivity (Wildman–Crippen MR) is 69.8 cm³/mol. The Hall–Kier alpha value is -1.33. The normalized spacial score (nSPS) is 23.7. The van der Waals surface area contributed by atoms with Crippen LogP contribution >= 0.6 is 0 Å². The lowest BCUT2D eigenvalue weighted by Gasteiger charge is -2.36. The second-order valence-electron chi connectivity index (χ2n) is 5.12. The van der Waals surface area contributed by atoms with E-state index in [1.807, 2.05) is 19.1 Å². The van der Waals surface area contributed by atoms with Gasteiger partial charge in [-0.2, -0.15) is 0 Å². The molecule has 5 heteroatoms. The number of ether oxygens (including phenoxy) is 1. The van der Waals surface area contributed by atoms with Crippen molar-refractivity contribution >= 4 is 5.97 Å². The van der Waals surface area contributed by atoms with Crippen molar-refractivity contribution in [1.29, 1.82) is 0 Å². The van der Waals surface area contributed by atoms with Gasteiger partial charge in [-0.15, -0.1) is 0 Å². The molecule has 2 rings (SSSR count). The molecule has 5 nitrogen and oxygen atoms in total. The summed E-state index contributed by atoms with van der Waals surface area (Å²) in [6.45, 7) is 4.92. The number of hydrogen-bond acceptors (Lipinski definition) is 4. The molecule has 0 aliphatic carbocycles. The highest BCUT2D eigenvalue weighted by Gasteiger charge is 2.41. The Bertz CT molecular complexity index is 396. The lowest BCUT2D eigenvalue weighted by molar-refractivity contribution is -0.159. The summed E-state index contributed by atoms with van der Waals surface area (Å²) in [4.78, 5) is 13.7. The highest BCUT2D eigenvalue weighted by atomic mass is 16.5. The highest BCUT2D eigenvalue weighted by molar-refractivity contribution is 5.75. The van der Waals surface area contributed by atoms with Crippen molar-refractivity contribution in [1.82, 2.24) is 4.90 Å². The largest absolute Gasteiger partial charge is 0.481 e. The number of carboxylic acids is 1. The van der Waals surface area contributed by atoms with E-state index in [4.69, 9.17) is 9.15 Å². The summed E-state index contributed by atoms with van der Waals surface area (Å²) in [6, 6.07) is 3.76. The molecular formula is C14H21NO4. The van der Waals surface area contributed by atoms with Crippen molar-refractivity contribution in [3.05, 3.63) is 24.2 Å². The fourth-order valence-corrected chi connectivity index (χ4v) is 2.54. The number of rotatable bonds is 6. The average Bonchev–Trinajstić information content (AvgIpc) is 2.92. The number of nitrogens with zero attached hydrogens (tertiary/aromatic N) is 1. The molecule has 1 N–H and O–H groups in total. The van der Waals surface area contributed by atoms with Crippen molar-refractivity contribution in [2.45, 2.75) is 26.3 Å². The second kappa shape index (κ2) is 6.21. The third-order valence-electron chi connectivity index (χ3n) is 3.71. The Morgan fingerprint density at radius 3 is 2.95 bits per heavy atom.